The number of urea groups is 1. The first-order valence-corrected chi connectivity index (χ1v) is 9.04. The van der Waals surface area contributed by atoms with Gasteiger partial charge in [-0.2, -0.15) is 5.10 Å². The van der Waals surface area contributed by atoms with Crippen molar-refractivity contribution in [3.05, 3.63) is 71.6 Å². The van der Waals surface area contributed by atoms with Gasteiger partial charge in [0.25, 0.3) is 0 Å². The maximum atomic E-state index is 13.1. The number of amides is 2. The van der Waals surface area contributed by atoms with Crippen molar-refractivity contribution in [3.63, 3.8) is 0 Å². The summed E-state index contributed by atoms with van der Waals surface area (Å²) >= 11 is 0. The van der Waals surface area contributed by atoms with E-state index in [1.54, 1.807) is 29.2 Å². The lowest BCUT2D eigenvalue weighted by Crippen LogP contribution is -2.40. The molecule has 3 aromatic rings. The van der Waals surface area contributed by atoms with Gasteiger partial charge < -0.3 is 10.2 Å². The van der Waals surface area contributed by atoms with Crippen LogP contribution in [-0.4, -0.2) is 32.2 Å². The van der Waals surface area contributed by atoms with E-state index in [1.807, 2.05) is 0 Å². The highest BCUT2D eigenvalue weighted by Gasteiger charge is 2.32. The van der Waals surface area contributed by atoms with Crippen LogP contribution < -0.4 is 5.32 Å². The molecule has 1 aliphatic carbocycles. The number of hydrogen-bond donors (Lipinski definition) is 2. The lowest BCUT2D eigenvalue weighted by atomic mass is 10.2. The van der Waals surface area contributed by atoms with Crippen molar-refractivity contribution in [3.8, 4) is 11.4 Å². The monoisotopic (exact) mass is 383 g/mol. The molecule has 1 heterocycles. The fourth-order valence-corrected chi connectivity index (χ4v) is 2.90. The van der Waals surface area contributed by atoms with Crippen LogP contribution in [0.1, 0.15) is 24.2 Å². The Bertz CT molecular complexity index is 951. The van der Waals surface area contributed by atoms with Crippen LogP contribution in [0.25, 0.3) is 11.4 Å². The van der Waals surface area contributed by atoms with Crippen molar-refractivity contribution in [2.75, 3.05) is 0 Å². The Morgan fingerprint density at radius 1 is 1.07 bits per heavy atom. The van der Waals surface area contributed by atoms with Gasteiger partial charge in [0, 0.05) is 18.2 Å². The Hall–Kier alpha value is -3.29. The molecule has 6 nitrogen and oxygen atoms in total. The second-order valence-corrected chi connectivity index (χ2v) is 6.76. The molecule has 4 rings (SSSR count). The van der Waals surface area contributed by atoms with Crippen LogP contribution in [0.5, 0.6) is 0 Å². The zero-order valence-electron chi connectivity index (χ0n) is 15.0. The van der Waals surface area contributed by atoms with E-state index in [4.69, 9.17) is 0 Å². The van der Waals surface area contributed by atoms with Gasteiger partial charge in [-0.05, 0) is 54.8 Å². The minimum Gasteiger partial charge on any atom is -0.331 e. The normalized spacial score (nSPS) is 13.4. The Morgan fingerprint density at radius 3 is 2.36 bits per heavy atom. The maximum Gasteiger partial charge on any atom is 0.318 e. The first-order valence-electron chi connectivity index (χ1n) is 9.04. The molecule has 0 atom stereocenters. The molecule has 144 valence electrons. The summed E-state index contributed by atoms with van der Waals surface area (Å²) in [5.41, 5.74) is 1.56. The van der Waals surface area contributed by atoms with Crippen molar-refractivity contribution in [1.82, 2.24) is 25.4 Å². The molecule has 0 unspecified atom stereocenters. The molecule has 0 aliphatic heterocycles. The summed E-state index contributed by atoms with van der Waals surface area (Å²) in [6, 6.07) is 12.0. The van der Waals surface area contributed by atoms with E-state index in [9.17, 15) is 13.6 Å². The third-order valence-corrected chi connectivity index (χ3v) is 4.56. The summed E-state index contributed by atoms with van der Waals surface area (Å²) in [4.78, 5) is 18.7. The van der Waals surface area contributed by atoms with Gasteiger partial charge in [0.1, 0.15) is 17.5 Å². The van der Waals surface area contributed by atoms with E-state index in [1.165, 1.54) is 24.3 Å². The molecule has 1 saturated carbocycles. The standard InChI is InChI=1S/C20H19F2N5O/c21-15-5-1-13(2-6-15)12-27(17-9-10-17)20(28)23-11-18-24-19(26-25-18)14-3-7-16(22)8-4-14/h1-8,17H,9-12H2,(H,23,28)(H,24,25,26). The fourth-order valence-electron chi connectivity index (χ4n) is 2.90. The number of halogens is 2. The van der Waals surface area contributed by atoms with Crippen LogP contribution >= 0.6 is 0 Å². The molecular formula is C20H19F2N5O. The molecule has 0 saturated heterocycles. The van der Waals surface area contributed by atoms with E-state index in [-0.39, 0.29) is 30.3 Å². The number of carbonyl (C=O) groups excluding carboxylic acids is 1. The predicted molar refractivity (Wildman–Crippen MR) is 99.0 cm³/mol. The zero-order valence-corrected chi connectivity index (χ0v) is 15.0. The van der Waals surface area contributed by atoms with E-state index < -0.39 is 0 Å². The number of aromatic nitrogens is 3. The van der Waals surface area contributed by atoms with Gasteiger partial charge in [-0.3, -0.25) is 5.10 Å². The summed E-state index contributed by atoms with van der Waals surface area (Å²) in [7, 11) is 0. The number of rotatable bonds is 6. The van der Waals surface area contributed by atoms with Gasteiger partial charge in [-0.25, -0.2) is 18.6 Å². The van der Waals surface area contributed by atoms with Crippen molar-refractivity contribution in [2.24, 2.45) is 0 Å². The number of nitrogens with zero attached hydrogens (tertiary/aromatic N) is 3. The number of hydrogen-bond acceptors (Lipinski definition) is 3. The lowest BCUT2D eigenvalue weighted by molar-refractivity contribution is 0.191. The van der Waals surface area contributed by atoms with Gasteiger partial charge >= 0.3 is 6.03 Å². The molecule has 1 fully saturated rings. The Morgan fingerprint density at radius 2 is 1.71 bits per heavy atom. The van der Waals surface area contributed by atoms with Crippen LogP contribution in [0.15, 0.2) is 48.5 Å². The van der Waals surface area contributed by atoms with Crippen LogP contribution in [-0.2, 0) is 13.1 Å². The maximum absolute atomic E-state index is 13.1. The number of nitrogens with one attached hydrogen (secondary N) is 2. The minimum atomic E-state index is -0.326. The van der Waals surface area contributed by atoms with Crippen molar-refractivity contribution >= 4 is 6.03 Å². The molecule has 0 spiro atoms. The van der Waals surface area contributed by atoms with Crippen LogP contribution in [0.2, 0.25) is 0 Å². The van der Waals surface area contributed by atoms with Gasteiger partial charge in [0.15, 0.2) is 5.82 Å². The molecule has 28 heavy (non-hydrogen) atoms. The number of H-pyrrole nitrogens is 1. The number of aromatic amines is 1. The summed E-state index contributed by atoms with van der Waals surface area (Å²) in [5.74, 6) is 0.321. The minimum absolute atomic E-state index is 0.194. The van der Waals surface area contributed by atoms with Gasteiger partial charge in [0.2, 0.25) is 0 Å². The molecular weight excluding hydrogens is 364 g/mol. The summed E-state index contributed by atoms with van der Waals surface area (Å²) in [5, 5.41) is 9.73. The van der Waals surface area contributed by atoms with Gasteiger partial charge in [-0.15, -0.1) is 0 Å². The third kappa shape index (κ3) is 4.33. The third-order valence-electron chi connectivity index (χ3n) is 4.56. The molecule has 1 aromatic heterocycles. The quantitative estimate of drug-likeness (QED) is 0.683. The summed E-state index contributed by atoms with van der Waals surface area (Å²) < 4.78 is 26.1. The van der Waals surface area contributed by atoms with Crippen molar-refractivity contribution in [1.29, 1.82) is 0 Å². The Labute approximate surface area is 160 Å². The second kappa shape index (κ2) is 7.75. The molecule has 2 aromatic carbocycles. The van der Waals surface area contributed by atoms with E-state index in [2.05, 4.69) is 20.5 Å². The molecule has 0 bridgehead atoms. The van der Waals surface area contributed by atoms with E-state index in [0.717, 1.165) is 18.4 Å². The lowest BCUT2D eigenvalue weighted by Gasteiger charge is -2.22. The molecule has 8 heteroatoms. The Balaban J connectivity index is 1.37. The molecule has 2 amide bonds. The summed E-state index contributed by atoms with van der Waals surface area (Å²) in [6.45, 7) is 0.619. The highest BCUT2D eigenvalue weighted by atomic mass is 19.1. The van der Waals surface area contributed by atoms with Crippen molar-refractivity contribution in [2.45, 2.75) is 32.0 Å². The largest absolute Gasteiger partial charge is 0.331 e. The number of benzene rings is 2. The fraction of sp³-hybridized carbons (Fsp3) is 0.250. The van der Waals surface area contributed by atoms with E-state index in [0.29, 0.717) is 23.8 Å². The Kier molecular flexibility index (Phi) is 5.01. The predicted octanol–water partition coefficient (Wildman–Crippen LogP) is 3.62. The highest BCUT2D eigenvalue weighted by Crippen LogP contribution is 2.28. The van der Waals surface area contributed by atoms with E-state index >= 15 is 0 Å². The SMILES string of the molecule is O=C(NCc1nc(-c2ccc(F)cc2)n[nH]1)N(Cc1ccc(F)cc1)C1CC1. The molecule has 1 aliphatic rings. The van der Waals surface area contributed by atoms with Gasteiger partial charge in [-0.1, -0.05) is 12.1 Å². The summed E-state index contributed by atoms with van der Waals surface area (Å²) in [6.07, 6.45) is 1.93. The first kappa shape index (κ1) is 18.1. The smallest absolute Gasteiger partial charge is 0.318 e. The van der Waals surface area contributed by atoms with Crippen molar-refractivity contribution < 1.29 is 13.6 Å². The first-order chi connectivity index (χ1) is 13.6. The van der Waals surface area contributed by atoms with Crippen LogP contribution in [0, 0.1) is 11.6 Å². The second-order valence-electron chi connectivity index (χ2n) is 6.76. The average molecular weight is 383 g/mol. The van der Waals surface area contributed by atoms with Gasteiger partial charge in [0.05, 0.1) is 6.54 Å². The van der Waals surface area contributed by atoms with Crippen LogP contribution in [0.3, 0.4) is 0 Å². The zero-order chi connectivity index (χ0) is 19.5. The topological polar surface area (TPSA) is 73.9 Å². The molecule has 2 N–H and O–H groups in total. The molecule has 0 radical (unpaired) electrons. The number of carbonyl (C=O) groups is 1. The average Bonchev–Trinajstić information content (AvgIpc) is 3.43. The highest BCUT2D eigenvalue weighted by molar-refractivity contribution is 5.74. The van der Waals surface area contributed by atoms with Crippen LogP contribution in [0.4, 0.5) is 13.6 Å².